The first-order chi connectivity index (χ1) is 12.1. The fourth-order valence-electron chi connectivity index (χ4n) is 2.82. The molecule has 25 heavy (non-hydrogen) atoms. The number of carbonyl (C=O) groups is 1. The molecule has 0 N–H and O–H groups in total. The molecule has 0 aliphatic carbocycles. The minimum absolute atomic E-state index is 0.152. The van der Waals surface area contributed by atoms with E-state index in [0.29, 0.717) is 40.7 Å². The number of aryl methyl sites for hydroxylation is 1. The molecule has 0 spiro atoms. The van der Waals surface area contributed by atoms with Gasteiger partial charge in [0.15, 0.2) is 5.76 Å². The lowest BCUT2D eigenvalue weighted by atomic mass is 10.0. The van der Waals surface area contributed by atoms with Crippen LogP contribution in [-0.4, -0.2) is 26.6 Å². The van der Waals surface area contributed by atoms with Gasteiger partial charge in [0.05, 0.1) is 26.4 Å². The lowest BCUT2D eigenvalue weighted by Gasteiger charge is -2.08. The molecular weight excluding hydrogens is 320 g/mol. The number of allylic oxidation sites excluding steroid dienone is 1. The summed E-state index contributed by atoms with van der Waals surface area (Å²) < 4.78 is 21.9. The molecule has 0 aromatic heterocycles. The number of rotatable bonds is 5. The van der Waals surface area contributed by atoms with Crippen LogP contribution in [0.15, 0.2) is 36.1 Å². The summed E-state index contributed by atoms with van der Waals surface area (Å²) >= 11 is 0. The lowest BCUT2D eigenvalue weighted by molar-refractivity contribution is 0.101. The van der Waals surface area contributed by atoms with Crippen LogP contribution in [0.5, 0.6) is 23.0 Å². The van der Waals surface area contributed by atoms with Gasteiger partial charge in [-0.2, -0.15) is 0 Å². The van der Waals surface area contributed by atoms with Gasteiger partial charge in [-0.15, -0.1) is 0 Å². The zero-order valence-corrected chi connectivity index (χ0v) is 14.7. The quantitative estimate of drug-likeness (QED) is 0.769. The van der Waals surface area contributed by atoms with Crippen LogP contribution in [0.25, 0.3) is 6.08 Å². The van der Waals surface area contributed by atoms with Gasteiger partial charge in [0.1, 0.15) is 23.0 Å². The molecule has 0 fully saturated rings. The Balaban J connectivity index is 2.01. The predicted octanol–water partition coefficient (Wildman–Crippen LogP) is 4.03. The molecular formula is C20H20O5. The summed E-state index contributed by atoms with van der Waals surface area (Å²) in [6, 6.07) is 8.97. The Kier molecular flexibility index (Phi) is 4.65. The number of Topliss-reactive ketones (excluding diaryl/α,β-unsaturated/α-hetero) is 1. The smallest absolute Gasteiger partial charge is 0.232 e. The Bertz CT molecular complexity index is 851. The van der Waals surface area contributed by atoms with Crippen molar-refractivity contribution in [1.82, 2.24) is 0 Å². The fraction of sp³-hybridized carbons (Fsp3) is 0.250. The Morgan fingerprint density at radius 1 is 1.08 bits per heavy atom. The van der Waals surface area contributed by atoms with Crippen molar-refractivity contribution in [3.8, 4) is 23.0 Å². The number of hydrogen-bond donors (Lipinski definition) is 0. The molecule has 1 aliphatic rings. The van der Waals surface area contributed by atoms with E-state index in [1.807, 2.05) is 19.9 Å². The number of benzene rings is 2. The van der Waals surface area contributed by atoms with Crippen LogP contribution < -0.4 is 18.9 Å². The first-order valence-electron chi connectivity index (χ1n) is 8.01. The predicted molar refractivity (Wildman–Crippen MR) is 94.8 cm³/mol. The van der Waals surface area contributed by atoms with Crippen LogP contribution in [-0.2, 0) is 0 Å². The molecule has 0 unspecified atom stereocenters. The largest absolute Gasteiger partial charge is 0.497 e. The second-order valence-electron chi connectivity index (χ2n) is 5.59. The van der Waals surface area contributed by atoms with Gasteiger partial charge in [-0.25, -0.2) is 0 Å². The third kappa shape index (κ3) is 3.18. The van der Waals surface area contributed by atoms with Gasteiger partial charge in [0.2, 0.25) is 5.78 Å². The molecule has 1 heterocycles. The highest BCUT2D eigenvalue weighted by Gasteiger charge is 2.30. The summed E-state index contributed by atoms with van der Waals surface area (Å²) in [6.45, 7) is 4.34. The van der Waals surface area contributed by atoms with Gasteiger partial charge >= 0.3 is 0 Å². The minimum Gasteiger partial charge on any atom is -0.497 e. The molecule has 130 valence electrons. The topological polar surface area (TPSA) is 54.0 Å². The Morgan fingerprint density at radius 2 is 1.88 bits per heavy atom. The lowest BCUT2D eigenvalue weighted by Crippen LogP contribution is -2.00. The third-order valence-corrected chi connectivity index (χ3v) is 3.98. The normalized spacial score (nSPS) is 14.2. The fourth-order valence-corrected chi connectivity index (χ4v) is 2.82. The molecule has 0 saturated carbocycles. The summed E-state index contributed by atoms with van der Waals surface area (Å²) in [5.74, 6) is 2.60. The van der Waals surface area contributed by atoms with Crippen molar-refractivity contribution in [2.24, 2.45) is 0 Å². The van der Waals surface area contributed by atoms with E-state index in [9.17, 15) is 4.79 Å². The maximum Gasteiger partial charge on any atom is 0.232 e. The minimum atomic E-state index is -0.152. The van der Waals surface area contributed by atoms with Gasteiger partial charge in [0, 0.05) is 11.6 Å². The van der Waals surface area contributed by atoms with Gasteiger partial charge < -0.3 is 18.9 Å². The Hall–Kier alpha value is -2.95. The summed E-state index contributed by atoms with van der Waals surface area (Å²) in [5, 5.41) is 0. The third-order valence-electron chi connectivity index (χ3n) is 3.98. The highest BCUT2D eigenvalue weighted by molar-refractivity contribution is 6.15. The molecule has 2 aromatic carbocycles. The number of ketones is 1. The molecule has 0 amide bonds. The van der Waals surface area contributed by atoms with Gasteiger partial charge in [-0.1, -0.05) is 0 Å². The average Bonchev–Trinajstić information content (AvgIpc) is 2.91. The van der Waals surface area contributed by atoms with Crippen molar-refractivity contribution in [3.63, 3.8) is 0 Å². The van der Waals surface area contributed by atoms with E-state index in [0.717, 1.165) is 5.56 Å². The van der Waals surface area contributed by atoms with E-state index in [1.54, 1.807) is 44.6 Å². The SMILES string of the molecule is CCOc1cc(C)c2c(c1)O/C(=C\c1cc(OC)ccc1OC)C2=O. The molecule has 0 saturated heterocycles. The van der Waals surface area contributed by atoms with Crippen LogP contribution in [0.1, 0.15) is 28.4 Å². The molecule has 2 aromatic rings. The number of carbonyl (C=O) groups excluding carboxylic acids is 1. The van der Waals surface area contributed by atoms with Crippen molar-refractivity contribution in [2.75, 3.05) is 20.8 Å². The summed E-state index contributed by atoms with van der Waals surface area (Å²) in [5.41, 5.74) is 2.10. The highest BCUT2D eigenvalue weighted by Crippen LogP contribution is 2.38. The maximum atomic E-state index is 12.7. The molecule has 5 nitrogen and oxygen atoms in total. The van der Waals surface area contributed by atoms with E-state index >= 15 is 0 Å². The number of methoxy groups -OCH3 is 2. The number of hydrogen-bond acceptors (Lipinski definition) is 5. The zero-order valence-electron chi connectivity index (χ0n) is 14.7. The standard InChI is InChI=1S/C20H20O5/c1-5-24-15-8-12(2)19-17(11-15)25-18(20(19)21)10-13-9-14(22-3)6-7-16(13)23-4/h6-11H,5H2,1-4H3/b18-10-. The second kappa shape index (κ2) is 6.89. The second-order valence-corrected chi connectivity index (χ2v) is 5.59. The molecule has 5 heteroatoms. The highest BCUT2D eigenvalue weighted by atomic mass is 16.5. The van der Waals surface area contributed by atoms with Gasteiger partial charge in [-0.05, 0) is 49.8 Å². The van der Waals surface area contributed by atoms with Crippen molar-refractivity contribution in [2.45, 2.75) is 13.8 Å². The van der Waals surface area contributed by atoms with Crippen LogP contribution in [0.4, 0.5) is 0 Å². The van der Waals surface area contributed by atoms with Crippen LogP contribution in [0, 0.1) is 6.92 Å². The number of ether oxygens (including phenoxy) is 4. The van der Waals surface area contributed by atoms with E-state index < -0.39 is 0 Å². The van der Waals surface area contributed by atoms with E-state index in [4.69, 9.17) is 18.9 Å². The molecule has 3 rings (SSSR count). The first kappa shape index (κ1) is 16.9. The number of fused-ring (bicyclic) bond motifs is 1. The monoisotopic (exact) mass is 340 g/mol. The zero-order chi connectivity index (χ0) is 18.0. The van der Waals surface area contributed by atoms with Gasteiger partial charge in [-0.3, -0.25) is 4.79 Å². The van der Waals surface area contributed by atoms with Crippen molar-refractivity contribution < 1.29 is 23.7 Å². The maximum absolute atomic E-state index is 12.7. The van der Waals surface area contributed by atoms with Crippen LogP contribution in [0.2, 0.25) is 0 Å². The van der Waals surface area contributed by atoms with E-state index in [-0.39, 0.29) is 11.5 Å². The molecule has 1 aliphatic heterocycles. The molecule has 0 atom stereocenters. The summed E-state index contributed by atoms with van der Waals surface area (Å²) in [4.78, 5) is 12.7. The van der Waals surface area contributed by atoms with Crippen molar-refractivity contribution >= 4 is 11.9 Å². The van der Waals surface area contributed by atoms with E-state index in [2.05, 4.69) is 0 Å². The Morgan fingerprint density at radius 3 is 2.56 bits per heavy atom. The van der Waals surface area contributed by atoms with Crippen molar-refractivity contribution in [1.29, 1.82) is 0 Å². The van der Waals surface area contributed by atoms with Crippen molar-refractivity contribution in [3.05, 3.63) is 52.8 Å². The Labute approximate surface area is 146 Å². The summed E-state index contributed by atoms with van der Waals surface area (Å²) in [6.07, 6.45) is 1.67. The molecule has 0 radical (unpaired) electrons. The van der Waals surface area contributed by atoms with Crippen LogP contribution in [0.3, 0.4) is 0 Å². The summed E-state index contributed by atoms with van der Waals surface area (Å²) in [7, 11) is 3.17. The molecule has 0 bridgehead atoms. The van der Waals surface area contributed by atoms with Crippen LogP contribution >= 0.6 is 0 Å². The first-order valence-corrected chi connectivity index (χ1v) is 8.01. The van der Waals surface area contributed by atoms with Gasteiger partial charge in [0.25, 0.3) is 0 Å². The van der Waals surface area contributed by atoms with E-state index in [1.165, 1.54) is 0 Å². The average molecular weight is 340 g/mol.